The lowest BCUT2D eigenvalue weighted by Crippen LogP contribution is -2.14. The van der Waals surface area contributed by atoms with E-state index in [0.29, 0.717) is 20.8 Å². The molecule has 4 rings (SSSR count). The minimum Gasteiger partial charge on any atom is -0.497 e. The summed E-state index contributed by atoms with van der Waals surface area (Å²) in [6.45, 7) is 0. The summed E-state index contributed by atoms with van der Waals surface area (Å²) in [6.07, 6.45) is 0. The van der Waals surface area contributed by atoms with Gasteiger partial charge in [0.1, 0.15) is 5.75 Å². The normalized spacial score (nSPS) is 12.0. The van der Waals surface area contributed by atoms with E-state index in [-0.39, 0.29) is 21.8 Å². The Balaban J connectivity index is 1.56. The van der Waals surface area contributed by atoms with Gasteiger partial charge in [-0.3, -0.25) is 19.6 Å². The van der Waals surface area contributed by atoms with Crippen LogP contribution in [0.2, 0.25) is 0 Å². The monoisotopic (exact) mass is 498 g/mol. The van der Waals surface area contributed by atoms with Crippen LogP contribution in [0.25, 0.3) is 10.2 Å². The second kappa shape index (κ2) is 9.08. The minimum atomic E-state index is -3.81. The van der Waals surface area contributed by atoms with Gasteiger partial charge in [0, 0.05) is 30.4 Å². The number of nitrogens with one attached hydrogen (secondary N) is 1. The molecule has 1 amide bonds. The smallest absolute Gasteiger partial charge is 0.279 e. The van der Waals surface area contributed by atoms with Crippen molar-refractivity contribution >= 4 is 48.9 Å². The third kappa shape index (κ3) is 4.67. The van der Waals surface area contributed by atoms with E-state index in [1.165, 1.54) is 55.6 Å². The van der Waals surface area contributed by atoms with Gasteiger partial charge in [0.2, 0.25) is 0 Å². The van der Waals surface area contributed by atoms with Gasteiger partial charge in [0.25, 0.3) is 21.6 Å². The van der Waals surface area contributed by atoms with Gasteiger partial charge in [0.05, 0.1) is 27.1 Å². The first-order valence-corrected chi connectivity index (χ1v) is 12.1. The number of anilines is 1. The van der Waals surface area contributed by atoms with Crippen molar-refractivity contribution < 1.29 is 22.9 Å². The van der Waals surface area contributed by atoms with Gasteiger partial charge >= 0.3 is 0 Å². The van der Waals surface area contributed by atoms with Gasteiger partial charge in [0.15, 0.2) is 4.80 Å². The summed E-state index contributed by atoms with van der Waals surface area (Å²) < 4.78 is 34.9. The molecule has 1 aromatic heterocycles. The fourth-order valence-corrected chi connectivity index (χ4v) is 5.25. The van der Waals surface area contributed by atoms with Gasteiger partial charge < -0.3 is 9.30 Å². The predicted molar refractivity (Wildman–Crippen MR) is 128 cm³/mol. The average molecular weight is 499 g/mol. The molecule has 0 spiro atoms. The third-order valence-electron chi connectivity index (χ3n) is 4.95. The standard InChI is InChI=1S/C22H18N4O6S2/c1-25-19-12-7-16(26(28)29)13-20(19)33-22(25)23-21(27)14-3-5-15(6-4-14)24-34(30,31)18-10-8-17(32-2)9-11-18/h3-13,24H,1-2H3. The van der Waals surface area contributed by atoms with Gasteiger partial charge in [-0.25, -0.2) is 8.42 Å². The maximum atomic E-state index is 12.7. The number of sulfonamides is 1. The van der Waals surface area contributed by atoms with Crippen LogP contribution in [0.4, 0.5) is 11.4 Å². The van der Waals surface area contributed by atoms with E-state index < -0.39 is 20.9 Å². The Labute approximate surface area is 198 Å². The summed E-state index contributed by atoms with van der Waals surface area (Å²) in [7, 11) is -0.608. The first-order chi connectivity index (χ1) is 16.2. The van der Waals surface area contributed by atoms with Crippen molar-refractivity contribution in [3.05, 3.63) is 87.2 Å². The number of non-ortho nitro benzene ring substituents is 1. The van der Waals surface area contributed by atoms with E-state index in [1.54, 1.807) is 29.8 Å². The number of nitro benzene ring substituents is 1. The number of fused-ring (bicyclic) bond motifs is 1. The van der Waals surface area contributed by atoms with Crippen molar-refractivity contribution in [3.63, 3.8) is 0 Å². The molecule has 0 unspecified atom stereocenters. The van der Waals surface area contributed by atoms with Crippen LogP contribution in [0.3, 0.4) is 0 Å². The number of carbonyl (C=O) groups excluding carboxylic acids is 1. The predicted octanol–water partition coefficient (Wildman–Crippen LogP) is 3.70. The number of rotatable bonds is 6. The number of thiazole rings is 1. The Morgan fingerprint density at radius 2 is 1.76 bits per heavy atom. The minimum absolute atomic E-state index is 0.0418. The summed E-state index contributed by atoms with van der Waals surface area (Å²) in [5, 5.41) is 11.0. The van der Waals surface area contributed by atoms with Crippen LogP contribution in [0.1, 0.15) is 10.4 Å². The number of hydrogen-bond donors (Lipinski definition) is 1. The highest BCUT2D eigenvalue weighted by Crippen LogP contribution is 2.23. The lowest BCUT2D eigenvalue weighted by Gasteiger charge is -2.09. The molecule has 0 aliphatic rings. The number of nitrogens with zero attached hydrogens (tertiary/aromatic N) is 3. The molecule has 0 aliphatic carbocycles. The molecule has 3 aromatic carbocycles. The molecule has 12 heteroatoms. The summed E-state index contributed by atoms with van der Waals surface area (Å²) >= 11 is 1.16. The lowest BCUT2D eigenvalue weighted by atomic mass is 10.2. The Morgan fingerprint density at radius 3 is 2.38 bits per heavy atom. The van der Waals surface area contributed by atoms with Crippen LogP contribution in [0.15, 0.2) is 76.6 Å². The zero-order valence-electron chi connectivity index (χ0n) is 18.0. The van der Waals surface area contributed by atoms with Gasteiger partial charge in [-0.1, -0.05) is 11.3 Å². The molecular formula is C22H18N4O6S2. The maximum Gasteiger partial charge on any atom is 0.279 e. The number of methoxy groups -OCH3 is 1. The molecule has 0 radical (unpaired) electrons. The van der Waals surface area contributed by atoms with E-state index in [1.807, 2.05) is 0 Å². The number of carbonyl (C=O) groups is 1. The number of nitro groups is 1. The van der Waals surface area contributed by atoms with E-state index >= 15 is 0 Å². The molecule has 1 heterocycles. The van der Waals surface area contributed by atoms with Gasteiger partial charge in [-0.05, 0) is 54.6 Å². The highest BCUT2D eigenvalue weighted by atomic mass is 32.2. The van der Waals surface area contributed by atoms with Crippen molar-refractivity contribution in [1.82, 2.24) is 4.57 Å². The molecule has 34 heavy (non-hydrogen) atoms. The first-order valence-electron chi connectivity index (χ1n) is 9.78. The molecule has 0 aliphatic heterocycles. The molecule has 0 atom stereocenters. The van der Waals surface area contributed by atoms with Crippen molar-refractivity contribution in [2.24, 2.45) is 12.0 Å². The zero-order chi connectivity index (χ0) is 24.5. The van der Waals surface area contributed by atoms with Crippen LogP contribution in [-0.2, 0) is 17.1 Å². The van der Waals surface area contributed by atoms with Crippen LogP contribution in [-0.4, -0.2) is 30.9 Å². The van der Waals surface area contributed by atoms with E-state index in [4.69, 9.17) is 4.74 Å². The van der Waals surface area contributed by atoms with Crippen LogP contribution >= 0.6 is 11.3 Å². The largest absolute Gasteiger partial charge is 0.497 e. The average Bonchev–Trinajstić information content (AvgIpc) is 3.13. The summed E-state index contributed by atoms with van der Waals surface area (Å²) in [6, 6.07) is 16.3. The van der Waals surface area contributed by atoms with Crippen LogP contribution in [0, 0.1) is 10.1 Å². The Bertz CT molecular complexity index is 1570. The molecule has 174 valence electrons. The molecule has 0 saturated heterocycles. The highest BCUT2D eigenvalue weighted by Gasteiger charge is 2.15. The number of amides is 1. The molecule has 0 bridgehead atoms. The quantitative estimate of drug-likeness (QED) is 0.318. The zero-order valence-corrected chi connectivity index (χ0v) is 19.6. The third-order valence-corrected chi connectivity index (χ3v) is 7.45. The first kappa shape index (κ1) is 23.1. The Kier molecular flexibility index (Phi) is 6.18. The summed E-state index contributed by atoms with van der Waals surface area (Å²) in [4.78, 5) is 27.8. The Morgan fingerprint density at radius 1 is 1.09 bits per heavy atom. The number of aryl methyl sites for hydroxylation is 1. The molecule has 1 N–H and O–H groups in total. The maximum absolute atomic E-state index is 12.7. The van der Waals surface area contributed by atoms with Gasteiger partial charge in [-0.2, -0.15) is 4.99 Å². The molecule has 10 nitrogen and oxygen atoms in total. The van der Waals surface area contributed by atoms with Crippen molar-refractivity contribution in [2.45, 2.75) is 4.90 Å². The van der Waals surface area contributed by atoms with Crippen LogP contribution in [0.5, 0.6) is 5.75 Å². The summed E-state index contributed by atoms with van der Waals surface area (Å²) in [5.41, 5.74) is 1.22. The number of benzene rings is 3. The summed E-state index contributed by atoms with van der Waals surface area (Å²) in [5.74, 6) is 0.0112. The van der Waals surface area contributed by atoms with E-state index in [0.717, 1.165) is 11.3 Å². The second-order valence-electron chi connectivity index (χ2n) is 7.13. The number of ether oxygens (including phenoxy) is 1. The molecule has 0 saturated carbocycles. The highest BCUT2D eigenvalue weighted by molar-refractivity contribution is 7.92. The molecular weight excluding hydrogens is 480 g/mol. The molecule has 0 fully saturated rings. The fourth-order valence-electron chi connectivity index (χ4n) is 3.14. The molecule has 4 aromatic rings. The van der Waals surface area contributed by atoms with Crippen molar-refractivity contribution in [2.75, 3.05) is 11.8 Å². The van der Waals surface area contributed by atoms with E-state index in [9.17, 15) is 23.3 Å². The fraction of sp³-hybridized carbons (Fsp3) is 0.0909. The second-order valence-corrected chi connectivity index (χ2v) is 9.82. The Hall–Kier alpha value is -4.03. The lowest BCUT2D eigenvalue weighted by molar-refractivity contribution is -0.384. The van der Waals surface area contributed by atoms with Gasteiger partial charge in [-0.15, -0.1) is 0 Å². The number of hydrogen-bond acceptors (Lipinski definition) is 7. The van der Waals surface area contributed by atoms with Crippen LogP contribution < -0.4 is 14.3 Å². The van der Waals surface area contributed by atoms with Crippen molar-refractivity contribution in [1.29, 1.82) is 0 Å². The SMILES string of the molecule is COc1ccc(S(=O)(=O)Nc2ccc(C(=O)N=c3sc4cc([N+](=O)[O-])ccc4n3C)cc2)cc1. The number of aromatic nitrogens is 1. The topological polar surface area (TPSA) is 133 Å². The van der Waals surface area contributed by atoms with E-state index in [2.05, 4.69) is 9.71 Å². The van der Waals surface area contributed by atoms with Crippen molar-refractivity contribution in [3.8, 4) is 5.75 Å².